The number of hydrazine groups is 1. The Labute approximate surface area is 97.3 Å². The minimum absolute atomic E-state index is 0.0873. The van der Waals surface area contributed by atoms with Gasteiger partial charge in [-0.05, 0) is 26.3 Å². The van der Waals surface area contributed by atoms with Gasteiger partial charge >= 0.3 is 6.03 Å². The van der Waals surface area contributed by atoms with Crippen molar-refractivity contribution < 1.29 is 4.79 Å². The number of nitrogens with zero attached hydrogens (tertiary/aromatic N) is 3. The fraction of sp³-hybridized carbons (Fsp3) is 0.909. The van der Waals surface area contributed by atoms with Crippen LogP contribution in [0.2, 0.25) is 0 Å². The molecule has 5 heteroatoms. The predicted octanol–water partition coefficient (Wildman–Crippen LogP) is 0.344. The van der Waals surface area contributed by atoms with Crippen molar-refractivity contribution in [1.82, 2.24) is 20.2 Å². The van der Waals surface area contributed by atoms with Gasteiger partial charge in [0.1, 0.15) is 0 Å². The van der Waals surface area contributed by atoms with Crippen LogP contribution >= 0.6 is 0 Å². The van der Waals surface area contributed by atoms with Crippen LogP contribution in [0.1, 0.15) is 19.3 Å². The Kier molecular flexibility index (Phi) is 4.01. The molecule has 0 unspecified atom stereocenters. The standard InChI is InChI=1S/C11H22N4O/c1-13-7-9-15(10-8-13)12-11(16)14-5-3-2-4-6-14/h2-10H2,1H3,(H,12,16). The number of hydrogen-bond acceptors (Lipinski definition) is 3. The van der Waals surface area contributed by atoms with E-state index in [1.54, 1.807) is 0 Å². The van der Waals surface area contributed by atoms with Crippen LogP contribution in [0.15, 0.2) is 0 Å². The molecular formula is C11H22N4O. The summed E-state index contributed by atoms with van der Waals surface area (Å²) >= 11 is 0. The Hall–Kier alpha value is -0.810. The molecule has 92 valence electrons. The van der Waals surface area contributed by atoms with Crippen LogP contribution in [-0.4, -0.2) is 67.2 Å². The van der Waals surface area contributed by atoms with Gasteiger partial charge < -0.3 is 9.80 Å². The van der Waals surface area contributed by atoms with E-state index in [0.717, 1.165) is 52.1 Å². The third-order valence-corrected chi connectivity index (χ3v) is 3.40. The molecule has 5 nitrogen and oxygen atoms in total. The average molecular weight is 226 g/mol. The molecule has 2 amide bonds. The summed E-state index contributed by atoms with van der Waals surface area (Å²) < 4.78 is 0. The van der Waals surface area contributed by atoms with Gasteiger partial charge in [0.2, 0.25) is 0 Å². The number of amides is 2. The van der Waals surface area contributed by atoms with Crippen molar-refractivity contribution in [1.29, 1.82) is 0 Å². The van der Waals surface area contributed by atoms with E-state index >= 15 is 0 Å². The molecule has 0 aromatic rings. The summed E-state index contributed by atoms with van der Waals surface area (Å²) in [5.41, 5.74) is 3.00. The van der Waals surface area contributed by atoms with Gasteiger partial charge in [-0.3, -0.25) is 5.43 Å². The quantitative estimate of drug-likeness (QED) is 0.701. The molecule has 16 heavy (non-hydrogen) atoms. The zero-order valence-corrected chi connectivity index (χ0v) is 10.1. The van der Waals surface area contributed by atoms with Crippen molar-refractivity contribution in [2.45, 2.75) is 19.3 Å². The molecule has 0 bridgehead atoms. The third kappa shape index (κ3) is 3.09. The second kappa shape index (κ2) is 5.50. The largest absolute Gasteiger partial charge is 0.331 e. The first-order valence-electron chi connectivity index (χ1n) is 6.25. The molecule has 2 aliphatic heterocycles. The lowest BCUT2D eigenvalue weighted by Crippen LogP contribution is -2.56. The number of carbonyl (C=O) groups is 1. The van der Waals surface area contributed by atoms with Gasteiger partial charge in [-0.25, -0.2) is 9.80 Å². The summed E-state index contributed by atoms with van der Waals surface area (Å²) in [6.07, 6.45) is 3.56. The van der Waals surface area contributed by atoms with E-state index in [1.807, 2.05) is 9.91 Å². The molecule has 2 heterocycles. The zero-order chi connectivity index (χ0) is 11.4. The Morgan fingerprint density at radius 2 is 1.56 bits per heavy atom. The molecule has 0 aromatic carbocycles. The molecule has 2 rings (SSSR count). The number of likely N-dealkylation sites (tertiary alicyclic amines) is 1. The lowest BCUT2D eigenvalue weighted by atomic mass is 10.1. The normalized spacial score (nSPS) is 24.4. The van der Waals surface area contributed by atoms with Crippen molar-refractivity contribution in [3.63, 3.8) is 0 Å². The van der Waals surface area contributed by atoms with E-state index in [4.69, 9.17) is 0 Å². The van der Waals surface area contributed by atoms with E-state index in [1.165, 1.54) is 6.42 Å². The van der Waals surface area contributed by atoms with Crippen LogP contribution in [-0.2, 0) is 0 Å². The lowest BCUT2D eigenvalue weighted by Gasteiger charge is -2.35. The molecule has 0 aromatic heterocycles. The van der Waals surface area contributed by atoms with Crippen LogP contribution in [0.3, 0.4) is 0 Å². The fourth-order valence-corrected chi connectivity index (χ4v) is 2.22. The summed E-state index contributed by atoms with van der Waals surface area (Å²) in [4.78, 5) is 16.1. The number of rotatable bonds is 1. The molecule has 0 saturated carbocycles. The second-order valence-corrected chi connectivity index (χ2v) is 4.75. The molecule has 1 N–H and O–H groups in total. The molecular weight excluding hydrogens is 204 g/mol. The van der Waals surface area contributed by atoms with Gasteiger partial charge in [-0.15, -0.1) is 0 Å². The number of urea groups is 1. The summed E-state index contributed by atoms with van der Waals surface area (Å²) in [6.45, 7) is 5.74. The molecule has 2 aliphatic rings. The van der Waals surface area contributed by atoms with Crippen LogP contribution in [0.5, 0.6) is 0 Å². The molecule has 2 fully saturated rings. The SMILES string of the molecule is CN1CCN(NC(=O)N2CCCCC2)CC1. The van der Waals surface area contributed by atoms with E-state index in [-0.39, 0.29) is 6.03 Å². The van der Waals surface area contributed by atoms with Crippen LogP contribution in [0, 0.1) is 0 Å². The Morgan fingerprint density at radius 1 is 0.938 bits per heavy atom. The highest BCUT2D eigenvalue weighted by Gasteiger charge is 2.20. The maximum atomic E-state index is 11.9. The van der Waals surface area contributed by atoms with Gasteiger partial charge in [0.15, 0.2) is 0 Å². The fourth-order valence-electron chi connectivity index (χ4n) is 2.22. The van der Waals surface area contributed by atoms with Gasteiger partial charge in [-0.2, -0.15) is 0 Å². The molecule has 2 saturated heterocycles. The van der Waals surface area contributed by atoms with E-state index < -0.39 is 0 Å². The Morgan fingerprint density at radius 3 is 2.19 bits per heavy atom. The average Bonchev–Trinajstić information content (AvgIpc) is 2.33. The van der Waals surface area contributed by atoms with Crippen LogP contribution in [0.25, 0.3) is 0 Å². The monoisotopic (exact) mass is 226 g/mol. The summed E-state index contributed by atoms with van der Waals surface area (Å²) in [5.74, 6) is 0. The molecule has 0 radical (unpaired) electrons. The number of likely N-dealkylation sites (N-methyl/N-ethyl adjacent to an activating group) is 1. The van der Waals surface area contributed by atoms with Crippen molar-refractivity contribution in [2.75, 3.05) is 46.3 Å². The molecule has 0 aliphatic carbocycles. The highest BCUT2D eigenvalue weighted by Crippen LogP contribution is 2.08. The first-order valence-corrected chi connectivity index (χ1v) is 6.25. The van der Waals surface area contributed by atoms with Crippen molar-refractivity contribution in [3.8, 4) is 0 Å². The lowest BCUT2D eigenvalue weighted by molar-refractivity contribution is 0.0962. The van der Waals surface area contributed by atoms with Crippen molar-refractivity contribution in [3.05, 3.63) is 0 Å². The third-order valence-electron chi connectivity index (χ3n) is 3.40. The summed E-state index contributed by atoms with van der Waals surface area (Å²) in [6, 6.07) is 0.0873. The first kappa shape index (κ1) is 11.7. The van der Waals surface area contributed by atoms with Gasteiger partial charge in [0.25, 0.3) is 0 Å². The number of piperidine rings is 1. The van der Waals surface area contributed by atoms with E-state index in [2.05, 4.69) is 17.4 Å². The van der Waals surface area contributed by atoms with Crippen LogP contribution < -0.4 is 5.43 Å². The number of piperazine rings is 1. The van der Waals surface area contributed by atoms with E-state index in [0.29, 0.717) is 0 Å². The van der Waals surface area contributed by atoms with E-state index in [9.17, 15) is 4.79 Å². The highest BCUT2D eigenvalue weighted by molar-refractivity contribution is 5.73. The Bertz CT molecular complexity index is 232. The minimum atomic E-state index is 0.0873. The topological polar surface area (TPSA) is 38.8 Å². The minimum Gasteiger partial charge on any atom is -0.324 e. The van der Waals surface area contributed by atoms with Gasteiger partial charge in [0, 0.05) is 39.3 Å². The van der Waals surface area contributed by atoms with Crippen molar-refractivity contribution >= 4 is 6.03 Å². The number of hydrogen-bond donors (Lipinski definition) is 1. The Balaban J connectivity index is 1.73. The number of nitrogens with one attached hydrogen (secondary N) is 1. The second-order valence-electron chi connectivity index (χ2n) is 4.75. The van der Waals surface area contributed by atoms with Gasteiger partial charge in [0.05, 0.1) is 0 Å². The maximum absolute atomic E-state index is 11.9. The van der Waals surface area contributed by atoms with Gasteiger partial charge in [-0.1, -0.05) is 0 Å². The summed E-state index contributed by atoms with van der Waals surface area (Å²) in [5, 5.41) is 2.04. The van der Waals surface area contributed by atoms with Crippen LogP contribution in [0.4, 0.5) is 4.79 Å². The number of carbonyl (C=O) groups excluding carboxylic acids is 1. The zero-order valence-electron chi connectivity index (χ0n) is 10.1. The highest BCUT2D eigenvalue weighted by atomic mass is 16.2. The summed E-state index contributed by atoms with van der Waals surface area (Å²) in [7, 11) is 2.11. The molecule has 0 atom stereocenters. The predicted molar refractivity (Wildman–Crippen MR) is 63.0 cm³/mol. The smallest absolute Gasteiger partial charge is 0.324 e. The molecule has 0 spiro atoms. The van der Waals surface area contributed by atoms with Crippen molar-refractivity contribution in [2.24, 2.45) is 0 Å². The first-order chi connectivity index (χ1) is 7.75. The maximum Gasteiger partial charge on any atom is 0.331 e.